The molecular formula is C13H9F2NO3. The van der Waals surface area contributed by atoms with Crippen LogP contribution in [0.1, 0.15) is 15.9 Å². The van der Waals surface area contributed by atoms with Crippen molar-refractivity contribution >= 4 is 5.97 Å². The smallest absolute Gasteiger partial charge is 0.335 e. The fraction of sp³-hybridized carbons (Fsp3) is 0.0769. The van der Waals surface area contributed by atoms with Crippen molar-refractivity contribution < 1.29 is 18.7 Å². The van der Waals surface area contributed by atoms with Gasteiger partial charge in [-0.2, -0.15) is 0 Å². The average molecular weight is 265 g/mol. The molecule has 0 radical (unpaired) electrons. The van der Waals surface area contributed by atoms with E-state index in [4.69, 9.17) is 5.11 Å². The van der Waals surface area contributed by atoms with Gasteiger partial charge in [0.1, 0.15) is 0 Å². The summed E-state index contributed by atoms with van der Waals surface area (Å²) in [5, 5.41) is 8.71. The summed E-state index contributed by atoms with van der Waals surface area (Å²) in [6.07, 6.45) is 1.23. The Morgan fingerprint density at radius 1 is 1.26 bits per heavy atom. The second kappa shape index (κ2) is 5.01. The first-order valence-corrected chi connectivity index (χ1v) is 5.35. The lowest BCUT2D eigenvalue weighted by Crippen LogP contribution is -2.21. The molecule has 0 amide bonds. The third kappa shape index (κ3) is 2.67. The molecule has 1 aromatic heterocycles. The lowest BCUT2D eigenvalue weighted by Gasteiger charge is -2.07. The molecule has 0 aliphatic carbocycles. The second-order valence-electron chi connectivity index (χ2n) is 3.90. The van der Waals surface area contributed by atoms with Crippen LogP contribution < -0.4 is 5.56 Å². The zero-order valence-corrected chi connectivity index (χ0v) is 9.64. The lowest BCUT2D eigenvalue weighted by atomic mass is 10.2. The number of aromatic nitrogens is 1. The molecule has 0 aliphatic rings. The molecule has 1 aromatic carbocycles. The fourth-order valence-electron chi connectivity index (χ4n) is 1.63. The third-order valence-electron chi connectivity index (χ3n) is 2.62. The van der Waals surface area contributed by atoms with Gasteiger partial charge in [-0.15, -0.1) is 0 Å². The minimum atomic E-state index is -1.22. The van der Waals surface area contributed by atoms with Gasteiger partial charge in [0.15, 0.2) is 11.6 Å². The van der Waals surface area contributed by atoms with E-state index in [0.717, 1.165) is 16.7 Å². The molecule has 0 atom stereocenters. The molecule has 0 saturated carbocycles. The number of halogens is 2. The minimum Gasteiger partial charge on any atom is -0.478 e. The minimum absolute atomic E-state index is 0.0187. The van der Waals surface area contributed by atoms with Crippen molar-refractivity contribution in [2.24, 2.45) is 0 Å². The quantitative estimate of drug-likeness (QED) is 0.921. The molecule has 0 unspecified atom stereocenters. The van der Waals surface area contributed by atoms with E-state index >= 15 is 0 Å². The van der Waals surface area contributed by atoms with Crippen LogP contribution in [0.3, 0.4) is 0 Å². The van der Waals surface area contributed by atoms with Crippen LogP contribution >= 0.6 is 0 Å². The summed E-state index contributed by atoms with van der Waals surface area (Å²) in [4.78, 5) is 22.3. The van der Waals surface area contributed by atoms with E-state index in [9.17, 15) is 18.4 Å². The topological polar surface area (TPSA) is 59.3 Å². The van der Waals surface area contributed by atoms with Crippen LogP contribution in [0.4, 0.5) is 8.78 Å². The highest BCUT2D eigenvalue weighted by Crippen LogP contribution is 2.12. The predicted octanol–water partition coefficient (Wildman–Crippen LogP) is 1.87. The first kappa shape index (κ1) is 12.9. The van der Waals surface area contributed by atoms with Gasteiger partial charge in [0.05, 0.1) is 12.1 Å². The van der Waals surface area contributed by atoms with Crippen molar-refractivity contribution in [3.8, 4) is 0 Å². The molecular weight excluding hydrogens is 256 g/mol. The highest BCUT2D eigenvalue weighted by atomic mass is 19.2. The fourth-order valence-corrected chi connectivity index (χ4v) is 1.63. The number of carboxylic acids is 1. The van der Waals surface area contributed by atoms with E-state index in [1.807, 2.05) is 0 Å². The Kier molecular flexibility index (Phi) is 3.41. The summed E-state index contributed by atoms with van der Waals surface area (Å²) >= 11 is 0. The number of carboxylic acid groups (broad SMARTS) is 1. The Bertz CT molecular complexity index is 695. The summed E-state index contributed by atoms with van der Waals surface area (Å²) in [6, 6.07) is 5.83. The van der Waals surface area contributed by atoms with E-state index in [-0.39, 0.29) is 17.7 Å². The maximum Gasteiger partial charge on any atom is 0.335 e. The number of benzene rings is 1. The van der Waals surface area contributed by atoms with E-state index in [1.54, 1.807) is 0 Å². The summed E-state index contributed by atoms with van der Waals surface area (Å²) in [6.45, 7) is -0.164. The maximum absolute atomic E-state index is 13.4. The zero-order chi connectivity index (χ0) is 14.0. The molecule has 2 rings (SSSR count). The van der Waals surface area contributed by atoms with Crippen LogP contribution in [0.25, 0.3) is 0 Å². The van der Waals surface area contributed by atoms with Gasteiger partial charge in [0.25, 0.3) is 5.56 Å². The molecule has 1 N–H and O–H groups in total. The second-order valence-corrected chi connectivity index (χ2v) is 3.90. The molecule has 4 nitrogen and oxygen atoms in total. The van der Waals surface area contributed by atoms with E-state index in [1.165, 1.54) is 24.4 Å². The third-order valence-corrected chi connectivity index (χ3v) is 2.62. The Hall–Kier alpha value is -2.50. The van der Waals surface area contributed by atoms with Crippen molar-refractivity contribution in [3.05, 3.63) is 69.6 Å². The van der Waals surface area contributed by atoms with Crippen LogP contribution in [0.5, 0.6) is 0 Å². The van der Waals surface area contributed by atoms with Gasteiger partial charge >= 0.3 is 5.97 Å². The SMILES string of the molecule is O=C(O)c1ccn(Cc2cccc(F)c2F)c(=O)c1. The van der Waals surface area contributed by atoms with Crippen molar-refractivity contribution in [1.29, 1.82) is 0 Å². The van der Waals surface area contributed by atoms with Gasteiger partial charge in [-0.1, -0.05) is 12.1 Å². The monoisotopic (exact) mass is 265 g/mol. The summed E-state index contributed by atoms with van der Waals surface area (Å²) in [7, 11) is 0. The van der Waals surface area contributed by atoms with Crippen molar-refractivity contribution in [2.75, 3.05) is 0 Å². The largest absolute Gasteiger partial charge is 0.478 e. The number of rotatable bonds is 3. The number of pyridine rings is 1. The lowest BCUT2D eigenvalue weighted by molar-refractivity contribution is 0.0696. The highest BCUT2D eigenvalue weighted by Gasteiger charge is 2.10. The molecule has 0 spiro atoms. The van der Waals surface area contributed by atoms with Crippen molar-refractivity contribution in [2.45, 2.75) is 6.54 Å². The highest BCUT2D eigenvalue weighted by molar-refractivity contribution is 5.87. The maximum atomic E-state index is 13.4. The number of hydrogen-bond acceptors (Lipinski definition) is 2. The number of carbonyl (C=O) groups is 1. The average Bonchev–Trinajstić information content (AvgIpc) is 2.37. The van der Waals surface area contributed by atoms with E-state index in [2.05, 4.69) is 0 Å². The van der Waals surface area contributed by atoms with Crippen LogP contribution in [0, 0.1) is 11.6 Å². The molecule has 0 saturated heterocycles. The Morgan fingerprint density at radius 3 is 2.63 bits per heavy atom. The van der Waals surface area contributed by atoms with Crippen LogP contribution in [-0.4, -0.2) is 15.6 Å². The molecule has 0 aliphatic heterocycles. The van der Waals surface area contributed by atoms with Crippen LogP contribution in [0.15, 0.2) is 41.3 Å². The van der Waals surface area contributed by atoms with Crippen LogP contribution in [0.2, 0.25) is 0 Å². The van der Waals surface area contributed by atoms with Crippen molar-refractivity contribution in [3.63, 3.8) is 0 Å². The number of hydrogen-bond donors (Lipinski definition) is 1. The summed E-state index contributed by atoms with van der Waals surface area (Å²) in [5.41, 5.74) is -0.727. The number of aromatic carboxylic acids is 1. The predicted molar refractivity (Wildman–Crippen MR) is 63.1 cm³/mol. The Labute approximate surface area is 106 Å². The van der Waals surface area contributed by atoms with E-state index in [0.29, 0.717) is 0 Å². The molecule has 98 valence electrons. The van der Waals surface area contributed by atoms with Gasteiger partial charge < -0.3 is 9.67 Å². The van der Waals surface area contributed by atoms with Crippen molar-refractivity contribution in [1.82, 2.24) is 4.57 Å². The molecule has 1 heterocycles. The molecule has 0 fully saturated rings. The molecule has 6 heteroatoms. The standard InChI is InChI=1S/C13H9F2NO3/c14-10-3-1-2-9(12(10)15)7-16-5-4-8(13(18)19)6-11(16)17/h1-6H,7H2,(H,18,19). The van der Waals surface area contributed by atoms with Gasteiger partial charge in [-0.25, -0.2) is 13.6 Å². The van der Waals surface area contributed by atoms with Gasteiger partial charge in [-0.3, -0.25) is 4.79 Å². The molecule has 0 bridgehead atoms. The zero-order valence-electron chi connectivity index (χ0n) is 9.64. The van der Waals surface area contributed by atoms with Gasteiger partial charge in [0, 0.05) is 17.8 Å². The first-order valence-electron chi connectivity index (χ1n) is 5.35. The summed E-state index contributed by atoms with van der Waals surface area (Å²) < 4.78 is 27.6. The normalized spacial score (nSPS) is 10.4. The molecule has 2 aromatic rings. The summed E-state index contributed by atoms with van der Waals surface area (Å²) in [5.74, 6) is -3.23. The van der Waals surface area contributed by atoms with Gasteiger partial charge in [-0.05, 0) is 12.1 Å². The van der Waals surface area contributed by atoms with Crippen LogP contribution in [-0.2, 0) is 6.54 Å². The Balaban J connectivity index is 2.37. The van der Waals surface area contributed by atoms with E-state index < -0.39 is 23.2 Å². The molecule has 19 heavy (non-hydrogen) atoms. The Morgan fingerprint density at radius 2 is 2.00 bits per heavy atom. The first-order chi connectivity index (χ1) is 8.99. The number of nitrogens with zero attached hydrogens (tertiary/aromatic N) is 1. The van der Waals surface area contributed by atoms with Gasteiger partial charge in [0.2, 0.25) is 0 Å².